The molecule has 2 aliphatic rings. The average Bonchev–Trinajstić information content (AvgIpc) is 3.00. The molecule has 2 aliphatic heterocycles. The van der Waals surface area contributed by atoms with Crippen molar-refractivity contribution in [2.24, 2.45) is 0 Å². The van der Waals surface area contributed by atoms with Gasteiger partial charge in [-0.15, -0.1) is 0 Å². The highest BCUT2D eigenvalue weighted by Gasteiger charge is 2.47. The summed E-state index contributed by atoms with van der Waals surface area (Å²) in [5.74, 6) is 0.462. The quantitative estimate of drug-likeness (QED) is 0.663. The van der Waals surface area contributed by atoms with Crippen molar-refractivity contribution in [3.63, 3.8) is 0 Å². The lowest BCUT2D eigenvalue weighted by Gasteiger charge is -2.26. The molecule has 8 heteroatoms. The van der Waals surface area contributed by atoms with Gasteiger partial charge >= 0.3 is 6.03 Å². The van der Waals surface area contributed by atoms with Crippen LogP contribution < -0.4 is 20.1 Å². The third-order valence-electron chi connectivity index (χ3n) is 5.50. The topological polar surface area (TPSA) is 97.0 Å². The van der Waals surface area contributed by atoms with E-state index in [1.807, 2.05) is 48.5 Å². The van der Waals surface area contributed by atoms with Gasteiger partial charge in [-0.1, -0.05) is 42.5 Å². The van der Waals surface area contributed by atoms with Gasteiger partial charge in [0.2, 0.25) is 5.91 Å². The SMILES string of the molecule is CC1(CCc2ccccc2)NC(=O)N(CC(=O)NCC2COc3ccccc3O2)C1=O. The first kappa shape index (κ1) is 20.7. The molecule has 2 atom stereocenters. The lowest BCUT2D eigenvalue weighted by atomic mass is 9.93. The van der Waals surface area contributed by atoms with E-state index in [0.29, 0.717) is 30.9 Å². The van der Waals surface area contributed by atoms with Crippen LogP contribution in [0, 0.1) is 0 Å². The standard InChI is InChI=1S/C23H25N3O5/c1-23(12-11-16-7-3-2-4-8-16)21(28)26(22(29)25-23)14-20(27)24-13-17-15-30-18-9-5-6-10-19(18)31-17/h2-10,17H,11-15H2,1H3,(H,24,27)(H,25,29). The Balaban J connectivity index is 1.28. The number of carbonyl (C=O) groups is 3. The molecule has 0 radical (unpaired) electrons. The fourth-order valence-corrected chi connectivity index (χ4v) is 3.69. The highest BCUT2D eigenvalue weighted by Crippen LogP contribution is 2.30. The largest absolute Gasteiger partial charge is 0.486 e. The lowest BCUT2D eigenvalue weighted by molar-refractivity contribution is -0.134. The molecule has 8 nitrogen and oxygen atoms in total. The molecule has 31 heavy (non-hydrogen) atoms. The number of amides is 4. The maximum atomic E-state index is 12.9. The van der Waals surface area contributed by atoms with Gasteiger partial charge in [-0.2, -0.15) is 0 Å². The fourth-order valence-electron chi connectivity index (χ4n) is 3.69. The zero-order valence-electron chi connectivity index (χ0n) is 17.3. The predicted molar refractivity (Wildman–Crippen MR) is 113 cm³/mol. The van der Waals surface area contributed by atoms with Crippen LogP contribution in [0.4, 0.5) is 4.79 Å². The number of nitrogens with one attached hydrogen (secondary N) is 2. The Morgan fingerprint density at radius 1 is 1.13 bits per heavy atom. The van der Waals surface area contributed by atoms with E-state index in [1.165, 1.54) is 0 Å². The number of ether oxygens (including phenoxy) is 2. The van der Waals surface area contributed by atoms with Crippen LogP contribution in [-0.4, -0.2) is 54.1 Å². The van der Waals surface area contributed by atoms with Crippen LogP contribution in [0.5, 0.6) is 11.5 Å². The normalized spacial score (nSPS) is 22.2. The van der Waals surface area contributed by atoms with Gasteiger partial charge in [-0.05, 0) is 37.5 Å². The zero-order valence-corrected chi connectivity index (χ0v) is 17.3. The van der Waals surface area contributed by atoms with E-state index >= 15 is 0 Å². The number of aryl methyl sites for hydroxylation is 1. The van der Waals surface area contributed by atoms with Crippen molar-refractivity contribution < 1.29 is 23.9 Å². The van der Waals surface area contributed by atoms with Crippen LogP contribution in [0.3, 0.4) is 0 Å². The minimum absolute atomic E-state index is 0.210. The molecule has 2 N–H and O–H groups in total. The number of benzene rings is 2. The van der Waals surface area contributed by atoms with E-state index in [2.05, 4.69) is 10.6 Å². The van der Waals surface area contributed by atoms with E-state index in [4.69, 9.17) is 9.47 Å². The summed E-state index contributed by atoms with van der Waals surface area (Å²) in [6.45, 7) is 1.87. The van der Waals surface area contributed by atoms with Crippen molar-refractivity contribution in [2.75, 3.05) is 19.7 Å². The molecule has 4 amide bonds. The number of para-hydroxylation sites is 2. The van der Waals surface area contributed by atoms with Gasteiger partial charge in [0.05, 0.1) is 6.54 Å². The molecular formula is C23H25N3O5. The molecule has 0 aliphatic carbocycles. The fraction of sp³-hybridized carbons (Fsp3) is 0.348. The number of imide groups is 1. The second-order valence-electron chi connectivity index (χ2n) is 7.94. The lowest BCUT2D eigenvalue weighted by Crippen LogP contribution is -2.47. The Labute approximate surface area is 180 Å². The van der Waals surface area contributed by atoms with Gasteiger partial charge in [-0.3, -0.25) is 14.5 Å². The van der Waals surface area contributed by atoms with Crippen molar-refractivity contribution in [2.45, 2.75) is 31.4 Å². The molecule has 2 aromatic carbocycles. The number of hydrogen-bond acceptors (Lipinski definition) is 5. The molecule has 4 rings (SSSR count). The summed E-state index contributed by atoms with van der Waals surface area (Å²) in [7, 11) is 0. The molecule has 0 saturated carbocycles. The van der Waals surface area contributed by atoms with Crippen LogP contribution >= 0.6 is 0 Å². The number of carbonyl (C=O) groups excluding carboxylic acids is 3. The van der Waals surface area contributed by atoms with Crippen LogP contribution in [0.15, 0.2) is 54.6 Å². The molecule has 0 aromatic heterocycles. The van der Waals surface area contributed by atoms with Crippen molar-refractivity contribution in [3.8, 4) is 11.5 Å². The van der Waals surface area contributed by atoms with Gasteiger partial charge in [0.25, 0.3) is 5.91 Å². The second kappa shape index (κ2) is 8.67. The van der Waals surface area contributed by atoms with Gasteiger partial charge in [0, 0.05) is 0 Å². The maximum absolute atomic E-state index is 12.9. The minimum Gasteiger partial charge on any atom is -0.486 e. The van der Waals surface area contributed by atoms with E-state index in [1.54, 1.807) is 13.0 Å². The molecule has 0 bridgehead atoms. The summed E-state index contributed by atoms with van der Waals surface area (Å²) >= 11 is 0. The number of fused-ring (bicyclic) bond motifs is 1. The Bertz CT molecular complexity index is 980. The Morgan fingerprint density at radius 3 is 2.61 bits per heavy atom. The van der Waals surface area contributed by atoms with Gasteiger partial charge < -0.3 is 20.1 Å². The number of urea groups is 1. The predicted octanol–water partition coefficient (Wildman–Crippen LogP) is 1.89. The molecule has 1 fully saturated rings. The van der Waals surface area contributed by atoms with Crippen LogP contribution in [0.2, 0.25) is 0 Å². The second-order valence-corrected chi connectivity index (χ2v) is 7.94. The zero-order chi connectivity index (χ0) is 21.8. The van der Waals surface area contributed by atoms with E-state index < -0.39 is 23.4 Å². The summed E-state index contributed by atoms with van der Waals surface area (Å²) in [6.07, 6.45) is 0.745. The van der Waals surface area contributed by atoms with Crippen LogP contribution in [0.25, 0.3) is 0 Å². The first-order valence-electron chi connectivity index (χ1n) is 10.3. The molecule has 2 heterocycles. The summed E-state index contributed by atoms with van der Waals surface area (Å²) in [4.78, 5) is 38.6. The average molecular weight is 423 g/mol. The first-order valence-corrected chi connectivity index (χ1v) is 10.3. The summed E-state index contributed by atoms with van der Waals surface area (Å²) in [6, 6.07) is 16.5. The Morgan fingerprint density at radius 2 is 1.84 bits per heavy atom. The van der Waals surface area contributed by atoms with E-state index in [0.717, 1.165) is 10.5 Å². The summed E-state index contributed by atoms with van der Waals surface area (Å²) in [5, 5.41) is 5.45. The number of nitrogens with zero attached hydrogens (tertiary/aromatic N) is 1. The number of hydrogen-bond donors (Lipinski definition) is 2. The smallest absolute Gasteiger partial charge is 0.325 e. The highest BCUT2D eigenvalue weighted by atomic mass is 16.6. The molecular weight excluding hydrogens is 398 g/mol. The van der Waals surface area contributed by atoms with Crippen LogP contribution in [-0.2, 0) is 16.0 Å². The van der Waals surface area contributed by atoms with E-state index in [9.17, 15) is 14.4 Å². The molecule has 0 spiro atoms. The molecule has 162 valence electrons. The summed E-state index contributed by atoms with van der Waals surface area (Å²) in [5.41, 5.74) is 0.0512. The highest BCUT2D eigenvalue weighted by molar-refractivity contribution is 6.08. The van der Waals surface area contributed by atoms with Gasteiger partial charge in [-0.25, -0.2) is 4.79 Å². The van der Waals surface area contributed by atoms with Gasteiger partial charge in [0.15, 0.2) is 11.5 Å². The third-order valence-corrected chi connectivity index (χ3v) is 5.50. The first-order chi connectivity index (χ1) is 14.9. The minimum atomic E-state index is -1.03. The van der Waals surface area contributed by atoms with Crippen molar-refractivity contribution in [3.05, 3.63) is 60.2 Å². The van der Waals surface area contributed by atoms with Gasteiger partial charge in [0.1, 0.15) is 24.8 Å². The monoisotopic (exact) mass is 423 g/mol. The van der Waals surface area contributed by atoms with Crippen LogP contribution in [0.1, 0.15) is 18.9 Å². The molecule has 2 aromatic rings. The Hall–Kier alpha value is -3.55. The number of rotatable bonds is 7. The third kappa shape index (κ3) is 4.63. The Kier molecular flexibility index (Phi) is 5.79. The molecule has 1 saturated heterocycles. The van der Waals surface area contributed by atoms with Crippen molar-refractivity contribution >= 4 is 17.8 Å². The van der Waals surface area contributed by atoms with Crippen molar-refractivity contribution in [1.82, 2.24) is 15.5 Å². The molecule has 2 unspecified atom stereocenters. The maximum Gasteiger partial charge on any atom is 0.325 e. The van der Waals surface area contributed by atoms with Crippen molar-refractivity contribution in [1.29, 1.82) is 0 Å². The van der Waals surface area contributed by atoms with E-state index in [-0.39, 0.29) is 19.2 Å². The summed E-state index contributed by atoms with van der Waals surface area (Å²) < 4.78 is 11.4.